The van der Waals surface area contributed by atoms with E-state index in [1.165, 1.54) is 11.1 Å². The van der Waals surface area contributed by atoms with E-state index in [2.05, 4.69) is 30.2 Å². The van der Waals surface area contributed by atoms with Gasteiger partial charge in [-0.05, 0) is 62.3 Å². The van der Waals surface area contributed by atoms with Gasteiger partial charge in [0.1, 0.15) is 6.10 Å². The molecule has 1 spiro atoms. The number of benzene rings is 2. The lowest BCUT2D eigenvalue weighted by molar-refractivity contribution is 0.0401. The van der Waals surface area contributed by atoms with Crippen molar-refractivity contribution in [3.8, 4) is 11.5 Å². The van der Waals surface area contributed by atoms with E-state index in [0.29, 0.717) is 12.2 Å². The lowest BCUT2D eigenvalue weighted by Gasteiger charge is -2.37. The molecule has 0 saturated heterocycles. The summed E-state index contributed by atoms with van der Waals surface area (Å²) in [4.78, 5) is 17.0. The first kappa shape index (κ1) is 21.8. The molecular formula is C27H32N2O4. The van der Waals surface area contributed by atoms with Crippen LogP contribution in [0.25, 0.3) is 0 Å². The number of nitrogens with zero attached hydrogens (tertiary/aromatic N) is 2. The Morgan fingerprint density at radius 3 is 2.73 bits per heavy atom. The van der Waals surface area contributed by atoms with E-state index >= 15 is 0 Å². The second-order valence-electron chi connectivity index (χ2n) is 9.66. The maximum atomic E-state index is 12.6. The number of carbonyl (C=O) groups is 1. The van der Waals surface area contributed by atoms with Gasteiger partial charge in [0.15, 0.2) is 11.5 Å². The summed E-state index contributed by atoms with van der Waals surface area (Å²) in [6, 6.07) is 11.7. The molecule has 6 nitrogen and oxygen atoms in total. The first-order valence-corrected chi connectivity index (χ1v) is 11.6. The molecule has 0 bridgehead atoms. The van der Waals surface area contributed by atoms with Crippen LogP contribution < -0.4 is 14.4 Å². The number of methoxy groups -OCH3 is 1. The first-order valence-electron chi connectivity index (χ1n) is 11.6. The third kappa shape index (κ3) is 3.76. The highest BCUT2D eigenvalue weighted by atomic mass is 16.5. The molecule has 0 saturated carbocycles. The minimum Gasteiger partial charge on any atom is -0.493 e. The highest BCUT2D eigenvalue weighted by Gasteiger charge is 2.52. The molecule has 0 N–H and O–H groups in total. The Hall–Kier alpha value is -2.99. The zero-order chi connectivity index (χ0) is 23.2. The number of esters is 1. The topological polar surface area (TPSA) is 51.2 Å². The maximum absolute atomic E-state index is 12.6. The van der Waals surface area contributed by atoms with E-state index < -0.39 is 0 Å². The van der Waals surface area contributed by atoms with Crippen LogP contribution in [0.2, 0.25) is 0 Å². The molecule has 5 rings (SSSR count). The Kier molecular flexibility index (Phi) is 5.57. The van der Waals surface area contributed by atoms with Crippen molar-refractivity contribution in [2.24, 2.45) is 5.92 Å². The lowest BCUT2D eigenvalue weighted by Crippen LogP contribution is -2.42. The van der Waals surface area contributed by atoms with Crippen molar-refractivity contribution in [1.82, 2.24) is 4.90 Å². The highest BCUT2D eigenvalue weighted by molar-refractivity contribution is 5.89. The number of ether oxygens (including phenoxy) is 3. The Balaban J connectivity index is 1.33. The summed E-state index contributed by atoms with van der Waals surface area (Å²) in [5.74, 6) is 1.52. The average molecular weight is 449 g/mol. The number of hydrogen-bond donors (Lipinski definition) is 0. The van der Waals surface area contributed by atoms with Crippen LogP contribution in [0.4, 0.5) is 5.69 Å². The van der Waals surface area contributed by atoms with Gasteiger partial charge in [0.2, 0.25) is 0 Å². The molecule has 0 amide bonds. The molecule has 6 heteroatoms. The molecule has 0 fully saturated rings. The largest absolute Gasteiger partial charge is 0.493 e. The second-order valence-corrected chi connectivity index (χ2v) is 9.66. The average Bonchev–Trinajstić information content (AvgIpc) is 3.08. The first-order chi connectivity index (χ1) is 15.9. The molecule has 33 heavy (non-hydrogen) atoms. The summed E-state index contributed by atoms with van der Waals surface area (Å²) >= 11 is 0. The fourth-order valence-electron chi connectivity index (χ4n) is 5.44. The summed E-state index contributed by atoms with van der Waals surface area (Å²) in [5, 5.41) is 0. The summed E-state index contributed by atoms with van der Waals surface area (Å²) in [6.45, 7) is 2.26. The fraction of sp³-hybridized carbons (Fsp3) is 0.444. The van der Waals surface area contributed by atoms with Crippen molar-refractivity contribution in [3.63, 3.8) is 0 Å². The van der Waals surface area contributed by atoms with E-state index in [4.69, 9.17) is 14.2 Å². The standard InChI is InChI=1S/C27H32N2O4/c1-28(2)21-8-5-19(6-9-21)26(30)32-17-18-11-12-27-13-14-29(3)16-20-7-10-22(31-4)25(24(20)27)33-23(27)15-18/h5-12,18,23H,13-17H2,1-4H3/t18-,23?,27-/m0/s1. The van der Waals surface area contributed by atoms with Gasteiger partial charge >= 0.3 is 5.97 Å². The lowest BCUT2D eigenvalue weighted by atomic mass is 9.67. The van der Waals surface area contributed by atoms with Gasteiger partial charge in [-0.15, -0.1) is 0 Å². The van der Waals surface area contributed by atoms with Crippen molar-refractivity contribution in [3.05, 3.63) is 65.2 Å². The molecule has 2 aromatic rings. The van der Waals surface area contributed by atoms with Gasteiger partial charge in [0, 0.05) is 37.8 Å². The summed E-state index contributed by atoms with van der Waals surface area (Å²) < 4.78 is 17.9. The van der Waals surface area contributed by atoms with Crippen LogP contribution in [-0.4, -0.2) is 58.4 Å². The highest BCUT2D eigenvalue weighted by Crippen LogP contribution is 2.56. The van der Waals surface area contributed by atoms with E-state index in [9.17, 15) is 4.79 Å². The van der Waals surface area contributed by atoms with Gasteiger partial charge in [-0.25, -0.2) is 4.79 Å². The molecule has 174 valence electrons. The Morgan fingerprint density at radius 1 is 1.21 bits per heavy atom. The minimum absolute atomic E-state index is 0.0159. The van der Waals surface area contributed by atoms with E-state index in [1.807, 2.05) is 49.3 Å². The van der Waals surface area contributed by atoms with Crippen molar-refractivity contribution >= 4 is 11.7 Å². The van der Waals surface area contributed by atoms with Gasteiger partial charge in [0.25, 0.3) is 0 Å². The van der Waals surface area contributed by atoms with Gasteiger partial charge in [-0.2, -0.15) is 0 Å². The van der Waals surface area contributed by atoms with Crippen LogP contribution in [0.1, 0.15) is 34.3 Å². The van der Waals surface area contributed by atoms with E-state index in [-0.39, 0.29) is 23.4 Å². The third-order valence-electron chi connectivity index (χ3n) is 7.31. The number of anilines is 1. The zero-order valence-electron chi connectivity index (χ0n) is 19.8. The molecule has 1 aliphatic carbocycles. The Bertz CT molecular complexity index is 1080. The third-order valence-corrected chi connectivity index (χ3v) is 7.31. The minimum atomic E-state index is -0.287. The van der Waals surface area contributed by atoms with Gasteiger partial charge in [0.05, 0.1) is 24.7 Å². The van der Waals surface area contributed by atoms with Crippen molar-refractivity contribution in [1.29, 1.82) is 0 Å². The molecule has 3 atom stereocenters. The molecule has 2 aliphatic heterocycles. The molecular weight excluding hydrogens is 416 g/mol. The number of hydrogen-bond acceptors (Lipinski definition) is 6. The number of carbonyl (C=O) groups excluding carboxylic acids is 1. The quantitative estimate of drug-likeness (QED) is 0.509. The van der Waals surface area contributed by atoms with Crippen molar-refractivity contribution < 1.29 is 19.0 Å². The predicted molar refractivity (Wildman–Crippen MR) is 128 cm³/mol. The molecule has 0 aromatic heterocycles. The summed E-state index contributed by atoms with van der Waals surface area (Å²) in [6.07, 6.45) is 6.38. The smallest absolute Gasteiger partial charge is 0.338 e. The normalized spacial score (nSPS) is 25.5. The number of rotatable bonds is 5. The zero-order valence-corrected chi connectivity index (χ0v) is 19.8. The van der Waals surface area contributed by atoms with E-state index in [1.54, 1.807) is 7.11 Å². The Labute approximate surface area is 195 Å². The Morgan fingerprint density at radius 2 is 2.00 bits per heavy atom. The van der Waals surface area contributed by atoms with Gasteiger partial charge < -0.3 is 24.0 Å². The van der Waals surface area contributed by atoms with Crippen LogP contribution in [-0.2, 0) is 16.7 Å². The molecule has 3 aliphatic rings. The molecule has 2 aromatic carbocycles. The maximum Gasteiger partial charge on any atom is 0.338 e. The summed E-state index contributed by atoms with van der Waals surface area (Å²) in [7, 11) is 7.82. The van der Waals surface area contributed by atoms with Crippen LogP contribution in [0.3, 0.4) is 0 Å². The van der Waals surface area contributed by atoms with E-state index in [0.717, 1.165) is 43.1 Å². The summed E-state index contributed by atoms with van der Waals surface area (Å²) in [5.41, 5.74) is 4.07. The van der Waals surface area contributed by atoms with Gasteiger partial charge in [-0.1, -0.05) is 18.2 Å². The van der Waals surface area contributed by atoms with Crippen molar-refractivity contribution in [2.45, 2.75) is 30.9 Å². The van der Waals surface area contributed by atoms with Crippen LogP contribution in [0, 0.1) is 5.92 Å². The SMILES string of the molecule is COc1ccc2c3c1OC1C[C@@H](COC(=O)c4ccc(N(C)C)cc4)C=C[C@@]31CCN(C)C2. The van der Waals surface area contributed by atoms with Gasteiger partial charge in [-0.3, -0.25) is 0 Å². The van der Waals surface area contributed by atoms with Crippen LogP contribution >= 0.6 is 0 Å². The van der Waals surface area contributed by atoms with Crippen LogP contribution in [0.5, 0.6) is 11.5 Å². The predicted octanol–water partition coefficient (Wildman–Crippen LogP) is 4.03. The second kappa shape index (κ2) is 8.41. The monoisotopic (exact) mass is 448 g/mol. The molecule has 1 unspecified atom stereocenters. The fourth-order valence-corrected chi connectivity index (χ4v) is 5.44. The van der Waals surface area contributed by atoms with Crippen molar-refractivity contribution in [2.75, 3.05) is 46.3 Å². The van der Waals surface area contributed by atoms with Crippen LogP contribution in [0.15, 0.2) is 48.6 Å². The molecule has 0 radical (unpaired) electrons. The molecule has 2 heterocycles.